The first-order chi connectivity index (χ1) is 10.3. The van der Waals surface area contributed by atoms with Gasteiger partial charge in [-0.25, -0.2) is 0 Å². The molecule has 0 saturated heterocycles. The number of halogens is 1. The smallest absolute Gasteiger partial charge is 0.0718 e. The van der Waals surface area contributed by atoms with Crippen molar-refractivity contribution in [2.75, 3.05) is 7.05 Å². The number of aromatic nitrogens is 3. The Morgan fingerprint density at radius 3 is 2.90 bits per heavy atom. The van der Waals surface area contributed by atoms with Crippen LogP contribution in [0.1, 0.15) is 49.2 Å². The van der Waals surface area contributed by atoms with Gasteiger partial charge in [0, 0.05) is 23.3 Å². The van der Waals surface area contributed by atoms with E-state index < -0.39 is 0 Å². The molecule has 1 atom stereocenters. The average molecular weight is 349 g/mol. The van der Waals surface area contributed by atoms with Gasteiger partial charge < -0.3 is 5.32 Å². The molecule has 0 aliphatic heterocycles. The van der Waals surface area contributed by atoms with Crippen molar-refractivity contribution in [3.63, 3.8) is 0 Å². The zero-order valence-corrected chi connectivity index (χ0v) is 13.9. The van der Waals surface area contributed by atoms with Gasteiger partial charge in [-0.1, -0.05) is 12.8 Å². The zero-order valence-electron chi connectivity index (χ0n) is 12.3. The molecule has 1 aliphatic rings. The maximum Gasteiger partial charge on any atom is 0.0718 e. The molecule has 5 heteroatoms. The van der Waals surface area contributed by atoms with Crippen molar-refractivity contribution < 1.29 is 0 Å². The number of pyridine rings is 1. The van der Waals surface area contributed by atoms with Crippen LogP contribution in [0.4, 0.5) is 0 Å². The molecule has 112 valence electrons. The third kappa shape index (κ3) is 3.35. The number of nitrogens with one attached hydrogen (secondary N) is 1. The fourth-order valence-corrected chi connectivity index (χ4v) is 3.59. The molecule has 1 fully saturated rings. The molecule has 0 amide bonds. The van der Waals surface area contributed by atoms with Crippen molar-refractivity contribution in [2.45, 2.75) is 44.2 Å². The predicted molar refractivity (Wildman–Crippen MR) is 87.2 cm³/mol. The Kier molecular flexibility index (Phi) is 4.70. The van der Waals surface area contributed by atoms with Crippen molar-refractivity contribution in [2.24, 2.45) is 0 Å². The highest BCUT2D eigenvalue weighted by atomic mass is 79.9. The summed E-state index contributed by atoms with van der Waals surface area (Å²) in [6, 6.07) is 6.89. The van der Waals surface area contributed by atoms with E-state index in [1.807, 2.05) is 25.4 Å². The SMILES string of the molecule is CNC(Cc1ccn(C2CCCC2)n1)c1ncccc1Br. The van der Waals surface area contributed by atoms with Gasteiger partial charge in [0.15, 0.2) is 0 Å². The van der Waals surface area contributed by atoms with Crippen LogP contribution in [-0.2, 0) is 6.42 Å². The van der Waals surface area contributed by atoms with Gasteiger partial charge in [-0.15, -0.1) is 0 Å². The Labute approximate surface area is 134 Å². The molecular formula is C16H21BrN4. The van der Waals surface area contributed by atoms with Gasteiger partial charge in [0.25, 0.3) is 0 Å². The quantitative estimate of drug-likeness (QED) is 0.896. The molecule has 0 aromatic carbocycles. The summed E-state index contributed by atoms with van der Waals surface area (Å²) >= 11 is 3.58. The van der Waals surface area contributed by atoms with Crippen molar-refractivity contribution in [1.29, 1.82) is 0 Å². The topological polar surface area (TPSA) is 42.7 Å². The highest BCUT2D eigenvalue weighted by Crippen LogP contribution is 2.29. The van der Waals surface area contributed by atoms with E-state index in [4.69, 9.17) is 5.10 Å². The summed E-state index contributed by atoms with van der Waals surface area (Å²) in [5.74, 6) is 0. The van der Waals surface area contributed by atoms with E-state index in [1.54, 1.807) is 0 Å². The molecular weight excluding hydrogens is 328 g/mol. The third-order valence-electron chi connectivity index (χ3n) is 4.24. The van der Waals surface area contributed by atoms with Crippen LogP contribution in [0.5, 0.6) is 0 Å². The molecule has 4 nitrogen and oxygen atoms in total. The van der Waals surface area contributed by atoms with Crippen molar-refractivity contribution >= 4 is 15.9 Å². The minimum atomic E-state index is 0.174. The average Bonchev–Trinajstić information content (AvgIpc) is 3.16. The van der Waals surface area contributed by atoms with E-state index >= 15 is 0 Å². The van der Waals surface area contributed by atoms with Gasteiger partial charge in [-0.2, -0.15) is 5.10 Å². The first-order valence-electron chi connectivity index (χ1n) is 7.59. The number of rotatable bonds is 5. The first-order valence-corrected chi connectivity index (χ1v) is 8.39. The maximum atomic E-state index is 4.77. The summed E-state index contributed by atoms with van der Waals surface area (Å²) in [7, 11) is 1.97. The van der Waals surface area contributed by atoms with Gasteiger partial charge in [0.1, 0.15) is 0 Å². The van der Waals surface area contributed by atoms with Crippen molar-refractivity contribution in [1.82, 2.24) is 20.1 Å². The number of likely N-dealkylation sites (N-methyl/N-ethyl adjacent to an activating group) is 1. The van der Waals surface area contributed by atoms with Crippen molar-refractivity contribution in [3.05, 3.63) is 46.5 Å². The van der Waals surface area contributed by atoms with Crippen LogP contribution >= 0.6 is 15.9 Å². The lowest BCUT2D eigenvalue weighted by Gasteiger charge is -2.16. The lowest BCUT2D eigenvalue weighted by molar-refractivity contribution is 0.458. The molecule has 1 saturated carbocycles. The minimum Gasteiger partial charge on any atom is -0.311 e. The summed E-state index contributed by atoms with van der Waals surface area (Å²) in [6.07, 6.45) is 10.0. The van der Waals surface area contributed by atoms with E-state index in [0.717, 1.165) is 22.3 Å². The molecule has 0 radical (unpaired) electrons. The summed E-state index contributed by atoms with van der Waals surface area (Å²) in [4.78, 5) is 4.49. The Balaban J connectivity index is 1.74. The second-order valence-corrected chi connectivity index (χ2v) is 6.50. The largest absolute Gasteiger partial charge is 0.311 e. The summed E-state index contributed by atoms with van der Waals surface area (Å²) in [5, 5.41) is 8.11. The third-order valence-corrected chi connectivity index (χ3v) is 4.91. The second kappa shape index (κ2) is 6.71. The standard InChI is InChI=1S/C16H21BrN4/c1-18-15(16-14(17)7-4-9-19-16)11-12-8-10-21(20-12)13-5-2-3-6-13/h4,7-10,13,15,18H,2-3,5-6,11H2,1H3. The molecule has 0 bridgehead atoms. The molecule has 21 heavy (non-hydrogen) atoms. The molecule has 1 N–H and O–H groups in total. The first kappa shape index (κ1) is 14.7. The highest BCUT2D eigenvalue weighted by Gasteiger charge is 2.19. The second-order valence-electron chi connectivity index (χ2n) is 5.64. The highest BCUT2D eigenvalue weighted by molar-refractivity contribution is 9.10. The van der Waals surface area contributed by atoms with Crippen LogP contribution in [0.15, 0.2) is 35.1 Å². The van der Waals surface area contributed by atoms with Gasteiger partial charge in [0.2, 0.25) is 0 Å². The fourth-order valence-electron chi connectivity index (χ4n) is 3.06. The van der Waals surface area contributed by atoms with E-state index in [-0.39, 0.29) is 6.04 Å². The van der Waals surface area contributed by atoms with Gasteiger partial charge in [-0.05, 0) is 54.0 Å². The molecule has 2 aromatic rings. The number of hydrogen-bond donors (Lipinski definition) is 1. The molecule has 3 rings (SSSR count). The van der Waals surface area contributed by atoms with Crippen molar-refractivity contribution in [3.8, 4) is 0 Å². The normalized spacial score (nSPS) is 17.2. The summed E-state index contributed by atoms with van der Waals surface area (Å²) in [5.41, 5.74) is 2.16. The van der Waals surface area contributed by atoms with Crippen LogP contribution in [-0.4, -0.2) is 21.8 Å². The minimum absolute atomic E-state index is 0.174. The van der Waals surface area contributed by atoms with Crippen LogP contribution in [0.3, 0.4) is 0 Å². The lowest BCUT2D eigenvalue weighted by Crippen LogP contribution is -2.21. The van der Waals surface area contributed by atoms with Gasteiger partial charge >= 0.3 is 0 Å². The zero-order chi connectivity index (χ0) is 14.7. The Morgan fingerprint density at radius 1 is 1.38 bits per heavy atom. The Bertz CT molecular complexity index is 589. The van der Waals surface area contributed by atoms with Crippen LogP contribution in [0, 0.1) is 0 Å². The molecule has 2 heterocycles. The van der Waals surface area contributed by atoms with Crippen LogP contribution in [0.25, 0.3) is 0 Å². The fraction of sp³-hybridized carbons (Fsp3) is 0.500. The summed E-state index contributed by atoms with van der Waals surface area (Å²) in [6.45, 7) is 0. The van der Waals surface area contributed by atoms with E-state index in [1.165, 1.54) is 25.7 Å². The van der Waals surface area contributed by atoms with E-state index in [9.17, 15) is 0 Å². The lowest BCUT2D eigenvalue weighted by atomic mass is 10.1. The molecule has 0 spiro atoms. The monoisotopic (exact) mass is 348 g/mol. The molecule has 1 unspecified atom stereocenters. The Morgan fingerprint density at radius 2 is 2.19 bits per heavy atom. The predicted octanol–water partition coefficient (Wildman–Crippen LogP) is 3.66. The van der Waals surface area contributed by atoms with Gasteiger partial charge in [0.05, 0.1) is 23.5 Å². The van der Waals surface area contributed by atoms with Gasteiger partial charge in [-0.3, -0.25) is 9.67 Å². The number of nitrogens with zero attached hydrogens (tertiary/aromatic N) is 3. The maximum absolute atomic E-state index is 4.77. The van der Waals surface area contributed by atoms with Crippen LogP contribution in [0.2, 0.25) is 0 Å². The summed E-state index contributed by atoms with van der Waals surface area (Å²) < 4.78 is 3.20. The molecule has 1 aliphatic carbocycles. The molecule has 2 aromatic heterocycles. The van der Waals surface area contributed by atoms with E-state index in [0.29, 0.717) is 6.04 Å². The Hall–Kier alpha value is -1.20. The van der Waals surface area contributed by atoms with E-state index in [2.05, 4.69) is 43.2 Å². The number of hydrogen-bond acceptors (Lipinski definition) is 3. The van der Waals surface area contributed by atoms with Crippen LogP contribution < -0.4 is 5.32 Å².